The van der Waals surface area contributed by atoms with E-state index in [0.717, 1.165) is 43.9 Å². The van der Waals surface area contributed by atoms with Gasteiger partial charge in [0.05, 0.1) is 70.4 Å². The van der Waals surface area contributed by atoms with Gasteiger partial charge in [0.1, 0.15) is 28.9 Å². The summed E-state index contributed by atoms with van der Waals surface area (Å²) >= 11 is 0. The molecule has 21 nitrogen and oxygen atoms in total. The van der Waals surface area contributed by atoms with Gasteiger partial charge >= 0.3 is 17.7 Å². The lowest BCUT2D eigenvalue weighted by Crippen LogP contribution is -2.50. The number of ether oxygens (including phenoxy) is 4. The summed E-state index contributed by atoms with van der Waals surface area (Å²) in [6, 6.07) is 1.62. The number of aliphatic hydroxyl groups is 2. The Morgan fingerprint density at radius 2 is 1.58 bits per heavy atom. The van der Waals surface area contributed by atoms with Gasteiger partial charge < -0.3 is 59.8 Å². The number of phenols is 3. The molecule has 0 spiro atoms. The van der Waals surface area contributed by atoms with Crippen molar-refractivity contribution >= 4 is 71.0 Å². The fourth-order valence-electron chi connectivity index (χ4n) is 14.2. The summed E-state index contributed by atoms with van der Waals surface area (Å²) in [5, 5.41) is 78.5. The van der Waals surface area contributed by atoms with Gasteiger partial charge in [-0.1, -0.05) is 45.9 Å². The van der Waals surface area contributed by atoms with E-state index in [1.807, 2.05) is 11.9 Å². The van der Waals surface area contributed by atoms with Crippen molar-refractivity contribution in [1.29, 1.82) is 0 Å². The fraction of sp³-hybridized carbons (Fsp3) is 0.538. The highest BCUT2D eigenvalue weighted by Crippen LogP contribution is 2.56. The molecule has 2 aliphatic carbocycles. The monoisotopic (exact) mass is 1240 g/mol. The molecule has 5 bridgehead atoms. The Morgan fingerprint density at radius 3 is 2.20 bits per heavy atom. The zero-order chi connectivity index (χ0) is 63.0. The molecule has 7 aliphatic rings. The number of carboxylic acids is 1. The molecule has 88 heavy (non-hydrogen) atoms. The van der Waals surface area contributed by atoms with Crippen LogP contribution in [-0.4, -0.2) is 157 Å². The number of aliphatic hydroxyl groups excluding tert-OH is 2. The topological polar surface area (TPSA) is 282 Å². The van der Waals surface area contributed by atoms with Crippen LogP contribution in [0.3, 0.4) is 0 Å². The number of ketones is 1. The zero-order valence-electron chi connectivity index (χ0n) is 51.7. The van der Waals surface area contributed by atoms with Crippen molar-refractivity contribution in [2.75, 3.05) is 50.6 Å². The van der Waals surface area contributed by atoms with Crippen LogP contribution in [-0.2, 0) is 23.8 Å². The normalized spacial score (nSPS) is 29.2. The number of amides is 1. The second-order valence-corrected chi connectivity index (χ2v) is 25.3. The molecule has 2 saturated carbocycles. The second kappa shape index (κ2) is 25.0. The summed E-state index contributed by atoms with van der Waals surface area (Å²) in [4.78, 5) is 71.4. The van der Waals surface area contributed by atoms with Gasteiger partial charge in [0, 0.05) is 98.9 Å². The van der Waals surface area contributed by atoms with Crippen LogP contribution in [0.1, 0.15) is 142 Å². The number of benzene rings is 2. The van der Waals surface area contributed by atoms with Crippen LogP contribution in [0.4, 0.5) is 15.8 Å². The predicted molar refractivity (Wildman–Crippen MR) is 334 cm³/mol. The summed E-state index contributed by atoms with van der Waals surface area (Å²) in [7, 11) is 3.58. The number of phenolic OH excluding ortho intramolecular Hbond substituents is 3. The number of hydrogen-bond acceptors (Lipinski definition) is 18. The van der Waals surface area contributed by atoms with Crippen LogP contribution in [0, 0.1) is 49.3 Å². The van der Waals surface area contributed by atoms with Gasteiger partial charge in [0.25, 0.3) is 17.2 Å². The van der Waals surface area contributed by atoms with Gasteiger partial charge in [-0.25, -0.2) is 9.18 Å². The number of esters is 1. The number of aromatic hydroxyl groups is 3. The van der Waals surface area contributed by atoms with E-state index in [9.17, 15) is 54.6 Å². The molecule has 476 valence electrons. The summed E-state index contributed by atoms with van der Waals surface area (Å²) in [5.41, 5.74) is 0.593. The average molecular weight is 1240 g/mol. The second-order valence-electron chi connectivity index (χ2n) is 25.3. The largest absolute Gasteiger partial charge is 0.507 e. The number of nitrogens with one attached hydrogen (secondary N) is 1. The van der Waals surface area contributed by atoms with Gasteiger partial charge in [-0.3, -0.25) is 33.5 Å². The highest BCUT2D eigenvalue weighted by atomic mass is 32.1. The lowest BCUT2D eigenvalue weighted by Gasteiger charge is -2.42. The Kier molecular flexibility index (Phi) is 18.5. The highest BCUT2D eigenvalue weighted by molar-refractivity contribution is 7.59. The number of anilines is 2. The maximum absolute atomic E-state index is 16.3. The number of carboxylic acid groups (broad SMARTS) is 1. The number of allylic oxidation sites excluding steroid dienone is 2. The maximum Gasteiger partial charge on any atom is 0.341 e. The van der Waals surface area contributed by atoms with Crippen molar-refractivity contribution in [3.05, 3.63) is 98.0 Å². The van der Waals surface area contributed by atoms with Crippen LogP contribution < -0.4 is 20.5 Å². The third kappa shape index (κ3) is 11.6. The van der Waals surface area contributed by atoms with E-state index in [2.05, 4.69) is 22.2 Å². The predicted octanol–water partition coefficient (Wildman–Crippen LogP) is 8.29. The molecule has 4 fully saturated rings. The number of halogens is 1. The molecule has 5 aliphatic heterocycles. The molecule has 1 amide bonds. The number of pyridine rings is 2. The van der Waals surface area contributed by atoms with Crippen LogP contribution in [0.5, 0.6) is 23.0 Å². The molecule has 7 N–H and O–H groups in total. The van der Waals surface area contributed by atoms with E-state index in [0.29, 0.717) is 55.8 Å². The number of aromatic nitrogens is 1. The van der Waals surface area contributed by atoms with Gasteiger partial charge in [-0.2, -0.15) is 18.6 Å². The molecule has 0 unspecified atom stereocenters. The first-order chi connectivity index (χ1) is 41.2. The summed E-state index contributed by atoms with van der Waals surface area (Å²) in [6.07, 6.45) is 11.7. The van der Waals surface area contributed by atoms with Crippen LogP contribution in [0.2, 0.25) is 0 Å². The maximum atomic E-state index is 16.3. The van der Waals surface area contributed by atoms with E-state index in [1.165, 1.54) is 69.9 Å². The summed E-state index contributed by atoms with van der Waals surface area (Å²) in [5.74, 6) is -10.4. The quantitative estimate of drug-likeness (QED) is 0.0340. The first-order valence-electron chi connectivity index (χ1n) is 30.1. The van der Waals surface area contributed by atoms with Crippen molar-refractivity contribution in [1.82, 2.24) is 14.3 Å². The number of aryl methyl sites for hydroxylation is 1. The van der Waals surface area contributed by atoms with E-state index in [1.54, 1.807) is 39.8 Å². The Balaban J connectivity index is 0.00000922. The summed E-state index contributed by atoms with van der Waals surface area (Å²) in [6.45, 7) is 16.5. The van der Waals surface area contributed by atoms with Crippen molar-refractivity contribution in [2.45, 2.75) is 155 Å². The lowest BCUT2D eigenvalue weighted by atomic mass is 9.78. The van der Waals surface area contributed by atoms with Gasteiger partial charge in [0.2, 0.25) is 0 Å². The van der Waals surface area contributed by atoms with E-state index < -0.39 is 106 Å². The first kappa shape index (κ1) is 65.3. The number of methoxy groups -OCH3 is 1. The zero-order valence-corrected chi connectivity index (χ0v) is 52.7. The molecule has 2 saturated heterocycles. The molecule has 4 aromatic rings. The highest BCUT2D eigenvalue weighted by Gasteiger charge is 2.56. The Bertz CT molecular complexity index is 3640. The van der Waals surface area contributed by atoms with Crippen molar-refractivity contribution < 1.29 is 73.2 Å². The minimum Gasteiger partial charge on any atom is -0.507 e. The number of piperidine rings is 1. The average Bonchev–Trinajstić information content (AvgIpc) is 1.46. The number of aromatic carboxylic acids is 1. The number of Topliss-reactive ketones (excluding diaryl/α,β-unsaturated/α-hetero) is 1. The molecular formula is C65H83FN6O15S. The van der Waals surface area contributed by atoms with Gasteiger partial charge in [-0.15, -0.1) is 0 Å². The third-order valence-corrected chi connectivity index (χ3v) is 19.8. The van der Waals surface area contributed by atoms with Gasteiger partial charge in [0.15, 0.2) is 11.6 Å². The fourth-order valence-corrected chi connectivity index (χ4v) is 14.2. The molecule has 23 heteroatoms. The smallest absolute Gasteiger partial charge is 0.341 e. The molecule has 2 aromatic heterocycles. The van der Waals surface area contributed by atoms with Gasteiger partial charge in [-0.05, 0) is 108 Å². The van der Waals surface area contributed by atoms with Crippen molar-refractivity contribution in [3.8, 4) is 23.0 Å². The Hall–Kier alpha value is -7.18. The van der Waals surface area contributed by atoms with E-state index in [4.69, 9.17) is 24.0 Å². The lowest BCUT2D eigenvalue weighted by molar-refractivity contribution is -0.160. The minimum atomic E-state index is -2.11. The molecule has 2 aromatic carbocycles. The number of rotatable bonds is 10. The third-order valence-electron chi connectivity index (χ3n) is 19.8. The van der Waals surface area contributed by atoms with Crippen LogP contribution >= 0.6 is 13.5 Å². The number of fused-ring (bicyclic) bond motifs is 15. The molecule has 10 atom stereocenters. The SMILES string of the molecule is CO[C@H]1/C=C/O[C@@]2(C)Oc3c(C)c(O)c4c(O)c(c(/C=N/N5CCC(N(C)C6([C@H]7CCN(c8c(F)cn9c(=O)c(C(=O)O)cc(C%10CC%10)c9c8C)C7)CC6)CC5)c(O)c4c3C2=O)NC(=O)/C(C)=C\C=C\[C@H](C)[C@H](O)[C@@H](C)[C@@H](O)[C@@H](C)[C@H](OC(C)=O)[C@@H]1C.S. The first-order valence-corrected chi connectivity index (χ1v) is 30.1. The Labute approximate surface area is 517 Å². The molecule has 7 heterocycles. The molecule has 11 rings (SSSR count). The number of hydrogen-bond donors (Lipinski definition) is 7. The number of carbonyl (C=O) groups is 4. The molecule has 0 radical (unpaired) electrons. The van der Waals surface area contributed by atoms with Crippen molar-refractivity contribution in [2.24, 2.45) is 34.7 Å². The standard InChI is InChI=1S/C65H81FN6O15.H2S/c1-31-13-12-14-32(2)61(80)68-50-44(56(77)47-48(57(50)78)55(76)37(7)59-49(47)60(79)64(9,87-59)85-26-20-46(84-11)33(3)58(86-38(8)73)36(6)54(75)35(5)53(31)74)28-67-71-24-18-41(19-25-71)69(10)65(21-22-65)40-17-23-70(29-40)52-34(4)51-42(39-15-16-39)27-43(63(82)83)62(81)72(51)30-45(52)66;/h12-14,20,26-28,30-31,33,35-36,39-41,46,53-54,58,74-78H,15-19,21-25,29H2,1-11H3,(H,68,80)(H,82,83);1H2/b13-12+,26-20+,32-14-,67-28+;/t31-,33+,35+,36+,40-,46-,53-,54+,58+,64-;/m0./s1. The minimum absolute atomic E-state index is 0. The van der Waals surface area contributed by atoms with E-state index in [-0.39, 0.29) is 86.9 Å². The van der Waals surface area contributed by atoms with E-state index >= 15 is 4.39 Å². The number of hydrazone groups is 1. The van der Waals surface area contributed by atoms with Crippen LogP contribution in [0.15, 0.2) is 58.3 Å². The summed E-state index contributed by atoms with van der Waals surface area (Å²) < 4.78 is 41.4. The van der Waals surface area contributed by atoms with Crippen LogP contribution in [0.25, 0.3) is 16.3 Å². The Morgan fingerprint density at radius 1 is 0.898 bits per heavy atom. The molecular weight excluding hydrogens is 1160 g/mol. The van der Waals surface area contributed by atoms with Crippen molar-refractivity contribution in [3.63, 3.8) is 0 Å². The number of carbonyl (C=O) groups excluding carboxylic acids is 3. The number of nitrogens with zero attached hydrogens (tertiary/aromatic N) is 5.